The summed E-state index contributed by atoms with van der Waals surface area (Å²) in [6.45, 7) is 0. The van der Waals surface area contributed by atoms with Crippen LogP contribution in [0.1, 0.15) is 0 Å². The lowest BCUT2D eigenvalue weighted by molar-refractivity contribution is 0.270. The minimum absolute atomic E-state index is 0.176. The second-order valence-corrected chi connectivity index (χ2v) is 6.76. The van der Waals surface area contributed by atoms with E-state index in [0.717, 1.165) is 18.0 Å². The third-order valence-corrected chi connectivity index (χ3v) is 3.56. The number of anilines is 1. The number of carbonyl (C=O) groups excluding carboxylic acids is 1. The summed E-state index contributed by atoms with van der Waals surface area (Å²) in [5.74, 6) is 0.176. The van der Waals surface area contributed by atoms with Crippen molar-refractivity contribution in [3.63, 3.8) is 0 Å². The summed E-state index contributed by atoms with van der Waals surface area (Å²) in [5.41, 5.74) is 0.693. The van der Waals surface area contributed by atoms with Crippen molar-refractivity contribution >= 4 is 32.8 Å². The summed E-state index contributed by atoms with van der Waals surface area (Å²) in [6.07, 6.45) is 0.967. The number of hydrogen-bond donors (Lipinski definition) is 1. The second-order valence-electron chi connectivity index (χ2n) is 4.14. The van der Waals surface area contributed by atoms with E-state index in [1.54, 1.807) is 24.3 Å². The highest BCUT2D eigenvalue weighted by Crippen LogP contribution is 2.25. The normalized spacial score (nSPS) is 10.9. The van der Waals surface area contributed by atoms with Gasteiger partial charge in [-0.25, -0.2) is 0 Å². The molecule has 1 amide bonds. The number of thioether (sulfide) groups is 1. The zero-order valence-corrected chi connectivity index (χ0v) is 12.8. The monoisotopic (exact) mass is 323 g/mol. The predicted octanol–water partition coefficient (Wildman–Crippen LogP) is 3.35. The van der Waals surface area contributed by atoms with Crippen molar-refractivity contribution in [1.82, 2.24) is 0 Å². The van der Waals surface area contributed by atoms with Crippen molar-refractivity contribution in [2.75, 3.05) is 11.6 Å². The highest BCUT2D eigenvalue weighted by molar-refractivity contribution is 8.13. The van der Waals surface area contributed by atoms with Crippen molar-refractivity contribution in [2.24, 2.45) is 0 Å². The van der Waals surface area contributed by atoms with Crippen molar-refractivity contribution in [3.8, 4) is 5.75 Å². The summed E-state index contributed by atoms with van der Waals surface area (Å²) in [5, 5.41) is 2.46. The Balaban J connectivity index is 2.02. The van der Waals surface area contributed by atoms with E-state index in [2.05, 4.69) is 5.32 Å². The summed E-state index contributed by atoms with van der Waals surface area (Å²) in [4.78, 5) is 12.5. The first-order chi connectivity index (χ1) is 9.92. The van der Waals surface area contributed by atoms with E-state index < -0.39 is 10.1 Å². The van der Waals surface area contributed by atoms with Crippen LogP contribution in [-0.2, 0) is 10.1 Å². The fourth-order valence-electron chi connectivity index (χ4n) is 1.54. The molecule has 0 radical (unpaired) electrons. The molecular formula is C14H13NO4S2. The first-order valence-electron chi connectivity index (χ1n) is 5.96. The number of rotatable bonds is 4. The molecule has 0 unspecified atom stereocenters. The number of carbonyl (C=O) groups is 1. The third-order valence-electron chi connectivity index (χ3n) is 2.28. The van der Waals surface area contributed by atoms with Gasteiger partial charge in [-0.1, -0.05) is 24.3 Å². The molecule has 1 N–H and O–H groups in total. The highest BCUT2D eigenvalue weighted by atomic mass is 32.2. The first kappa shape index (κ1) is 15.4. The van der Waals surface area contributed by atoms with E-state index in [1.807, 2.05) is 18.2 Å². The summed E-state index contributed by atoms with van der Waals surface area (Å²) < 4.78 is 26.9. The van der Waals surface area contributed by atoms with Crippen LogP contribution in [-0.4, -0.2) is 19.9 Å². The van der Waals surface area contributed by atoms with Crippen molar-refractivity contribution in [1.29, 1.82) is 0 Å². The second kappa shape index (κ2) is 6.64. The molecule has 110 valence electrons. The summed E-state index contributed by atoms with van der Waals surface area (Å²) >= 11 is 0.954. The molecule has 2 rings (SSSR count). The predicted molar refractivity (Wildman–Crippen MR) is 83.2 cm³/mol. The summed E-state index contributed by atoms with van der Waals surface area (Å²) in [7, 11) is -3.58. The molecule has 0 spiro atoms. The average Bonchev–Trinajstić information content (AvgIpc) is 2.38. The molecule has 0 aliphatic rings. The van der Waals surface area contributed by atoms with Crippen LogP contribution in [0, 0.1) is 0 Å². The van der Waals surface area contributed by atoms with Crippen LogP contribution in [0.5, 0.6) is 5.75 Å². The van der Waals surface area contributed by atoms with Gasteiger partial charge in [0.05, 0.1) is 6.26 Å². The first-order valence-corrected chi connectivity index (χ1v) is 8.59. The fraction of sp³-hybridized carbons (Fsp3) is 0.0714. The van der Waals surface area contributed by atoms with Gasteiger partial charge in [0.25, 0.3) is 5.24 Å². The molecule has 0 aliphatic carbocycles. The van der Waals surface area contributed by atoms with E-state index in [9.17, 15) is 13.2 Å². The van der Waals surface area contributed by atoms with Gasteiger partial charge in [-0.2, -0.15) is 8.42 Å². The molecule has 0 saturated heterocycles. The Labute approximate surface area is 127 Å². The fourth-order valence-corrected chi connectivity index (χ4v) is 2.69. The number of nitrogens with one attached hydrogen (secondary N) is 1. The maximum absolute atomic E-state index is 11.9. The number of benzene rings is 2. The average molecular weight is 323 g/mol. The number of hydrogen-bond acceptors (Lipinski definition) is 5. The van der Waals surface area contributed by atoms with Crippen molar-refractivity contribution in [3.05, 3.63) is 54.6 Å². The maximum atomic E-state index is 11.9. The van der Waals surface area contributed by atoms with Crippen LogP contribution in [0.2, 0.25) is 0 Å². The van der Waals surface area contributed by atoms with Crippen LogP contribution >= 0.6 is 11.8 Å². The largest absolute Gasteiger partial charge is 0.383 e. The van der Waals surface area contributed by atoms with Crippen LogP contribution < -0.4 is 9.50 Å². The SMILES string of the molecule is CS(=O)(=O)Oc1cccc(SC(=O)Nc2ccccc2)c1. The molecule has 0 fully saturated rings. The minimum Gasteiger partial charge on any atom is -0.383 e. The van der Waals surface area contributed by atoms with Crippen LogP contribution in [0.4, 0.5) is 10.5 Å². The van der Waals surface area contributed by atoms with Gasteiger partial charge in [0.2, 0.25) is 0 Å². The molecule has 2 aromatic carbocycles. The molecule has 0 atom stereocenters. The molecule has 0 bridgehead atoms. The quantitative estimate of drug-likeness (QED) is 0.690. The van der Waals surface area contributed by atoms with E-state index >= 15 is 0 Å². The molecule has 5 nitrogen and oxygen atoms in total. The molecule has 0 aromatic heterocycles. The van der Waals surface area contributed by atoms with Crippen molar-refractivity contribution in [2.45, 2.75) is 4.90 Å². The van der Waals surface area contributed by atoms with E-state index in [1.165, 1.54) is 12.1 Å². The van der Waals surface area contributed by atoms with Crippen LogP contribution in [0.3, 0.4) is 0 Å². The van der Waals surface area contributed by atoms with Gasteiger partial charge < -0.3 is 9.50 Å². The van der Waals surface area contributed by atoms with Crippen molar-refractivity contribution < 1.29 is 17.4 Å². The van der Waals surface area contributed by atoms with Gasteiger partial charge in [-0.3, -0.25) is 4.79 Å². The standard InChI is InChI=1S/C14H13NO4S2/c1-21(17,18)19-12-8-5-9-13(10-12)20-14(16)15-11-6-3-2-4-7-11/h2-10H,1H3,(H,15,16). The van der Waals surface area contributed by atoms with Gasteiger partial charge in [-0.05, 0) is 42.1 Å². The van der Waals surface area contributed by atoms with Gasteiger partial charge in [0.15, 0.2) is 0 Å². The van der Waals surface area contributed by atoms with Gasteiger partial charge in [-0.15, -0.1) is 0 Å². The highest BCUT2D eigenvalue weighted by Gasteiger charge is 2.08. The Morgan fingerprint density at radius 2 is 1.81 bits per heavy atom. The Morgan fingerprint density at radius 1 is 1.10 bits per heavy atom. The molecule has 2 aromatic rings. The Morgan fingerprint density at radius 3 is 2.48 bits per heavy atom. The van der Waals surface area contributed by atoms with Crippen LogP contribution in [0.25, 0.3) is 0 Å². The van der Waals surface area contributed by atoms with Gasteiger partial charge in [0, 0.05) is 10.6 Å². The topological polar surface area (TPSA) is 72.5 Å². The number of para-hydroxylation sites is 1. The lowest BCUT2D eigenvalue weighted by Gasteiger charge is -2.06. The third kappa shape index (κ3) is 5.49. The van der Waals surface area contributed by atoms with E-state index in [4.69, 9.17) is 4.18 Å². The Hall–Kier alpha value is -1.99. The molecule has 0 heterocycles. The molecule has 21 heavy (non-hydrogen) atoms. The maximum Gasteiger partial charge on any atom is 0.306 e. The van der Waals surface area contributed by atoms with Gasteiger partial charge >= 0.3 is 10.1 Å². The minimum atomic E-state index is -3.58. The lowest BCUT2D eigenvalue weighted by atomic mass is 10.3. The lowest BCUT2D eigenvalue weighted by Crippen LogP contribution is -2.06. The zero-order valence-electron chi connectivity index (χ0n) is 11.1. The molecule has 0 saturated carbocycles. The molecule has 7 heteroatoms. The van der Waals surface area contributed by atoms with E-state index in [0.29, 0.717) is 10.6 Å². The summed E-state index contributed by atoms with van der Waals surface area (Å²) in [6, 6.07) is 15.4. The molecule has 0 aliphatic heterocycles. The molecular weight excluding hydrogens is 310 g/mol. The Kier molecular flexibility index (Phi) is 4.87. The van der Waals surface area contributed by atoms with Gasteiger partial charge in [0.1, 0.15) is 5.75 Å². The Bertz CT molecular complexity index is 730. The van der Waals surface area contributed by atoms with Crippen LogP contribution in [0.15, 0.2) is 59.5 Å². The van der Waals surface area contributed by atoms with E-state index in [-0.39, 0.29) is 11.0 Å². The number of amides is 1. The zero-order chi connectivity index (χ0) is 15.3. The smallest absolute Gasteiger partial charge is 0.306 e.